The van der Waals surface area contributed by atoms with Crippen LogP contribution in [0.15, 0.2) is 30.8 Å². The molecule has 3 N–H and O–H groups in total. The minimum Gasteiger partial charge on any atom is -0.504 e. The van der Waals surface area contributed by atoms with Gasteiger partial charge in [-0.15, -0.1) is 11.3 Å². The lowest BCUT2D eigenvalue weighted by atomic mass is 10.2. The Bertz CT molecular complexity index is 1130. The average molecular weight is 472 g/mol. The molecule has 170 valence electrons. The molecule has 0 radical (unpaired) electrons. The zero-order valence-corrected chi connectivity index (χ0v) is 19.2. The molecule has 0 aliphatic heterocycles. The number of nitrogens with one attached hydrogen (secondary N) is 2. The second-order valence-electron chi connectivity index (χ2n) is 6.68. The van der Waals surface area contributed by atoms with Crippen molar-refractivity contribution in [1.29, 1.82) is 0 Å². The Morgan fingerprint density at radius 1 is 1.32 bits per heavy atom. The number of hydrogen-bond donors (Lipinski definition) is 3. The van der Waals surface area contributed by atoms with Gasteiger partial charge in [-0.05, 0) is 30.6 Å². The third-order valence-corrected chi connectivity index (χ3v) is 8.24. The van der Waals surface area contributed by atoms with Gasteiger partial charge in [0.15, 0.2) is 9.96 Å². The smallest absolute Gasteiger partial charge is 0.320 e. The molecule has 0 amide bonds. The minimum absolute atomic E-state index is 0.00313. The monoisotopic (exact) mass is 471 g/mol. The molecule has 3 heterocycles. The zero-order valence-electron chi connectivity index (χ0n) is 17.6. The molecule has 0 aliphatic rings. The predicted molar refractivity (Wildman–Crippen MR) is 115 cm³/mol. The van der Waals surface area contributed by atoms with Gasteiger partial charge in [0.1, 0.15) is 17.6 Å². The summed E-state index contributed by atoms with van der Waals surface area (Å²) in [5, 5.41) is 33.6. The highest BCUT2D eigenvalue weighted by Crippen LogP contribution is 2.41. The molecular formula is C18H25N5O6S2. The van der Waals surface area contributed by atoms with E-state index < -0.39 is 15.8 Å². The first-order valence-corrected chi connectivity index (χ1v) is 12.0. The first-order chi connectivity index (χ1) is 14.7. The fourth-order valence-corrected chi connectivity index (χ4v) is 5.88. The van der Waals surface area contributed by atoms with Crippen LogP contribution in [0.2, 0.25) is 0 Å². The number of nitrogens with zero attached hydrogens (tertiary/aromatic N) is 3. The van der Waals surface area contributed by atoms with E-state index in [0.29, 0.717) is 12.2 Å². The normalized spacial score (nSPS) is 12.9. The summed E-state index contributed by atoms with van der Waals surface area (Å²) in [5.41, 5.74) is 0.0922. The molecule has 0 saturated carbocycles. The maximum atomic E-state index is 12.7. The first kappa shape index (κ1) is 22.9. The summed E-state index contributed by atoms with van der Waals surface area (Å²) < 4.78 is 36.8. The highest BCUT2D eigenvalue weighted by Gasteiger charge is 2.30. The Balaban J connectivity index is 1.88. The Morgan fingerprint density at radius 2 is 2.03 bits per heavy atom. The lowest BCUT2D eigenvalue weighted by molar-refractivity contribution is -0.791. The van der Waals surface area contributed by atoms with Crippen LogP contribution in [0.4, 0.5) is 17.3 Å². The molecule has 11 nitrogen and oxygen atoms in total. The van der Waals surface area contributed by atoms with E-state index in [4.69, 9.17) is 9.05 Å². The van der Waals surface area contributed by atoms with Crippen molar-refractivity contribution in [3.63, 3.8) is 0 Å². The molecule has 3 rings (SSSR count). The van der Waals surface area contributed by atoms with Crippen molar-refractivity contribution in [3.8, 4) is 5.75 Å². The molecule has 0 unspecified atom stereocenters. The Hall–Kier alpha value is -2.77. The molecule has 0 aliphatic carbocycles. The number of furan rings is 1. The summed E-state index contributed by atoms with van der Waals surface area (Å²) in [6, 6.07) is 3.30. The van der Waals surface area contributed by atoms with Crippen LogP contribution in [0, 0.1) is 12.1 Å². The van der Waals surface area contributed by atoms with E-state index >= 15 is 0 Å². The third-order valence-electron chi connectivity index (χ3n) is 4.70. The average Bonchev–Trinajstić information content (AvgIpc) is 3.42. The zero-order chi connectivity index (χ0) is 22.8. The van der Waals surface area contributed by atoms with Crippen LogP contribution in [0.5, 0.6) is 5.75 Å². The number of sulfonamides is 1. The molecule has 0 fully saturated rings. The van der Waals surface area contributed by atoms with Gasteiger partial charge in [-0.1, -0.05) is 25.7 Å². The molecule has 0 saturated heterocycles. The SMILES string of the molecule is CC[C@@H](Nc1c(Nc2csc(S(=O)(=O)N(CC)CC)c2O)no[n+]1[O-])c1ccc(C)o1. The van der Waals surface area contributed by atoms with E-state index in [9.17, 15) is 18.7 Å². The predicted octanol–water partition coefficient (Wildman–Crippen LogP) is 3.31. The number of thiophene rings is 1. The molecule has 0 bridgehead atoms. The van der Waals surface area contributed by atoms with Crippen LogP contribution in [0.25, 0.3) is 0 Å². The van der Waals surface area contributed by atoms with Crippen molar-refractivity contribution in [1.82, 2.24) is 9.46 Å². The van der Waals surface area contributed by atoms with Gasteiger partial charge in [0, 0.05) is 18.5 Å². The quantitative estimate of drug-likeness (QED) is 0.379. The van der Waals surface area contributed by atoms with Gasteiger partial charge in [0.2, 0.25) is 0 Å². The number of aromatic nitrogens is 2. The Morgan fingerprint density at radius 3 is 2.61 bits per heavy atom. The van der Waals surface area contributed by atoms with Crippen LogP contribution in [-0.2, 0) is 10.0 Å². The second kappa shape index (κ2) is 9.16. The Labute approximate surface area is 183 Å². The van der Waals surface area contributed by atoms with Gasteiger partial charge in [0.25, 0.3) is 10.0 Å². The van der Waals surface area contributed by atoms with E-state index in [0.717, 1.165) is 17.1 Å². The second-order valence-corrected chi connectivity index (χ2v) is 9.69. The highest BCUT2D eigenvalue weighted by molar-refractivity contribution is 7.91. The molecule has 3 aromatic heterocycles. The lowest BCUT2D eigenvalue weighted by Gasteiger charge is -2.17. The number of hydrogen-bond acceptors (Lipinski definition) is 10. The number of aryl methyl sites for hydroxylation is 1. The number of rotatable bonds is 10. The molecule has 0 spiro atoms. The van der Waals surface area contributed by atoms with E-state index in [1.165, 1.54) is 9.69 Å². The van der Waals surface area contributed by atoms with Crippen molar-refractivity contribution in [3.05, 3.63) is 34.2 Å². The van der Waals surface area contributed by atoms with Gasteiger partial charge >= 0.3 is 11.6 Å². The molecule has 0 aromatic carbocycles. The summed E-state index contributed by atoms with van der Waals surface area (Å²) in [5.74, 6) is 0.894. The van der Waals surface area contributed by atoms with Gasteiger partial charge < -0.3 is 24.7 Å². The van der Waals surface area contributed by atoms with Crippen molar-refractivity contribution < 1.29 is 27.5 Å². The van der Waals surface area contributed by atoms with Crippen LogP contribution in [-0.4, -0.2) is 36.1 Å². The summed E-state index contributed by atoms with van der Waals surface area (Å²) in [6.45, 7) is 7.72. The number of aromatic hydroxyl groups is 1. The topological polar surface area (TPSA) is 148 Å². The molecule has 3 aromatic rings. The first-order valence-electron chi connectivity index (χ1n) is 9.73. The maximum absolute atomic E-state index is 12.7. The summed E-state index contributed by atoms with van der Waals surface area (Å²) in [6.07, 6.45) is 0.605. The summed E-state index contributed by atoms with van der Waals surface area (Å²) >= 11 is 0.871. The Kier molecular flexibility index (Phi) is 6.77. The largest absolute Gasteiger partial charge is 0.504 e. The molecule has 1 atom stereocenters. The van der Waals surface area contributed by atoms with Gasteiger partial charge in [-0.25, -0.2) is 8.42 Å². The lowest BCUT2D eigenvalue weighted by Crippen LogP contribution is -2.30. The molecule has 31 heavy (non-hydrogen) atoms. The van der Waals surface area contributed by atoms with E-state index in [1.807, 2.05) is 19.9 Å². The van der Waals surface area contributed by atoms with E-state index in [-0.39, 0.29) is 45.6 Å². The molecule has 13 heteroatoms. The maximum Gasteiger partial charge on any atom is 0.320 e. The third kappa shape index (κ3) is 4.48. The summed E-state index contributed by atoms with van der Waals surface area (Å²) in [4.78, 5) is 0.192. The van der Waals surface area contributed by atoms with Crippen LogP contribution in [0.3, 0.4) is 0 Å². The van der Waals surface area contributed by atoms with Crippen molar-refractivity contribution >= 4 is 38.7 Å². The van der Waals surface area contributed by atoms with Gasteiger partial charge in [0.05, 0.1) is 5.69 Å². The fraction of sp³-hybridized carbons (Fsp3) is 0.444. The van der Waals surface area contributed by atoms with E-state index in [2.05, 4.69) is 15.8 Å². The van der Waals surface area contributed by atoms with Crippen molar-refractivity contribution in [2.75, 3.05) is 23.7 Å². The van der Waals surface area contributed by atoms with Gasteiger partial charge in [-0.2, -0.15) is 4.31 Å². The van der Waals surface area contributed by atoms with Crippen LogP contribution in [0.1, 0.15) is 44.8 Å². The van der Waals surface area contributed by atoms with E-state index in [1.54, 1.807) is 19.9 Å². The molecular weight excluding hydrogens is 446 g/mol. The van der Waals surface area contributed by atoms with Crippen LogP contribution < -0.4 is 15.5 Å². The van der Waals surface area contributed by atoms with Gasteiger partial charge in [-0.3, -0.25) is 5.32 Å². The standard InChI is InChI=1S/C18H25N5O6S2/c1-5-12(14-9-8-11(4)28-14)20-17-16(21-29-23(17)25)19-13-10-30-18(15(13)24)31(26,27)22(6-2)7-3/h8-10,12,20,24H,5-7H2,1-4H3,(H,19,21)/t12-/m1/s1. The highest BCUT2D eigenvalue weighted by atomic mass is 32.2. The summed E-state index contributed by atoms with van der Waals surface area (Å²) in [7, 11) is -3.84. The fourth-order valence-electron chi connectivity index (χ4n) is 3.05. The number of anilines is 3. The van der Waals surface area contributed by atoms with Crippen LogP contribution >= 0.6 is 11.3 Å². The minimum atomic E-state index is -3.84. The van der Waals surface area contributed by atoms with Crippen molar-refractivity contribution in [2.45, 2.75) is 44.4 Å². The van der Waals surface area contributed by atoms with Crippen molar-refractivity contribution in [2.24, 2.45) is 0 Å².